The van der Waals surface area contributed by atoms with Crippen molar-refractivity contribution in [1.29, 1.82) is 0 Å². The number of carbonyl (C=O) groups excluding carboxylic acids is 1. The number of benzene rings is 2. The number of hydrogen-bond donors (Lipinski definition) is 1. The first-order valence-corrected chi connectivity index (χ1v) is 10.5. The molecular formula is C24H23N5O4. The number of nitro groups is 1. The molecule has 0 saturated heterocycles. The summed E-state index contributed by atoms with van der Waals surface area (Å²) in [6, 6.07) is 16.6. The van der Waals surface area contributed by atoms with Crippen LogP contribution in [-0.4, -0.2) is 25.8 Å². The summed E-state index contributed by atoms with van der Waals surface area (Å²) in [4.78, 5) is 23.4. The lowest BCUT2D eigenvalue weighted by Crippen LogP contribution is -2.11. The standard InChI is InChI=1S/C24H23N5O4/c1-4-17-5-9-19(10-6-17)21-13-22(33-27-21)25-24(30)20-11-7-18(8-12-20)14-28-16(3)23(29(31)32)15(2)26-28/h5-13H,4,14H2,1-3H3,(H,25,30). The van der Waals surface area contributed by atoms with Crippen LogP contribution in [0.1, 0.15) is 39.8 Å². The molecule has 168 valence electrons. The number of amides is 1. The highest BCUT2D eigenvalue weighted by atomic mass is 16.6. The lowest BCUT2D eigenvalue weighted by molar-refractivity contribution is -0.386. The minimum absolute atomic E-state index is 0.0266. The summed E-state index contributed by atoms with van der Waals surface area (Å²) in [7, 11) is 0. The van der Waals surface area contributed by atoms with E-state index < -0.39 is 4.92 Å². The molecule has 0 aliphatic heterocycles. The molecule has 1 amide bonds. The first-order valence-electron chi connectivity index (χ1n) is 10.5. The monoisotopic (exact) mass is 445 g/mol. The van der Waals surface area contributed by atoms with E-state index in [0.717, 1.165) is 17.5 Å². The largest absolute Gasteiger partial charge is 0.338 e. The van der Waals surface area contributed by atoms with Gasteiger partial charge in [0, 0.05) is 17.2 Å². The van der Waals surface area contributed by atoms with Gasteiger partial charge in [0.2, 0.25) is 5.88 Å². The third-order valence-corrected chi connectivity index (χ3v) is 5.48. The van der Waals surface area contributed by atoms with Crippen LogP contribution in [-0.2, 0) is 13.0 Å². The van der Waals surface area contributed by atoms with Crippen LogP contribution in [0.2, 0.25) is 0 Å². The second kappa shape index (κ2) is 9.07. The molecule has 0 fully saturated rings. The van der Waals surface area contributed by atoms with Crippen LogP contribution < -0.4 is 5.32 Å². The zero-order valence-electron chi connectivity index (χ0n) is 18.5. The average Bonchev–Trinajstić information content (AvgIpc) is 3.38. The minimum atomic E-state index is -0.420. The maximum atomic E-state index is 12.6. The first-order chi connectivity index (χ1) is 15.9. The van der Waals surface area contributed by atoms with Gasteiger partial charge in [0.05, 0.1) is 11.5 Å². The Hall–Kier alpha value is -4.27. The van der Waals surface area contributed by atoms with Crippen molar-refractivity contribution in [3.8, 4) is 11.3 Å². The fraction of sp³-hybridized carbons (Fsp3) is 0.208. The highest BCUT2D eigenvalue weighted by Gasteiger charge is 2.21. The topological polar surface area (TPSA) is 116 Å². The molecule has 33 heavy (non-hydrogen) atoms. The number of rotatable bonds is 7. The van der Waals surface area contributed by atoms with E-state index in [1.54, 1.807) is 48.9 Å². The third kappa shape index (κ3) is 4.67. The quantitative estimate of drug-likeness (QED) is 0.319. The lowest BCUT2D eigenvalue weighted by atomic mass is 10.1. The number of aryl methyl sites for hydroxylation is 2. The van der Waals surface area contributed by atoms with Crippen LogP contribution in [0.5, 0.6) is 0 Å². The second-order valence-electron chi connectivity index (χ2n) is 7.71. The van der Waals surface area contributed by atoms with Gasteiger partial charge >= 0.3 is 5.69 Å². The summed E-state index contributed by atoms with van der Waals surface area (Å²) in [6.45, 7) is 5.75. The van der Waals surface area contributed by atoms with Gasteiger partial charge in [-0.25, -0.2) is 0 Å². The third-order valence-electron chi connectivity index (χ3n) is 5.48. The summed E-state index contributed by atoms with van der Waals surface area (Å²) >= 11 is 0. The number of carbonyl (C=O) groups is 1. The Morgan fingerprint density at radius 1 is 1.09 bits per heavy atom. The molecule has 2 aromatic heterocycles. The van der Waals surface area contributed by atoms with Crippen molar-refractivity contribution in [2.45, 2.75) is 33.7 Å². The number of hydrogen-bond acceptors (Lipinski definition) is 6. The summed E-state index contributed by atoms with van der Waals surface area (Å²) in [5, 5.41) is 22.2. The van der Waals surface area contributed by atoms with Crippen LogP contribution in [0.4, 0.5) is 11.6 Å². The van der Waals surface area contributed by atoms with Crippen molar-refractivity contribution >= 4 is 17.5 Å². The van der Waals surface area contributed by atoms with E-state index in [1.807, 2.05) is 24.3 Å². The zero-order chi connectivity index (χ0) is 23.5. The molecule has 4 rings (SSSR count). The molecule has 0 radical (unpaired) electrons. The molecule has 9 heteroatoms. The molecule has 0 atom stereocenters. The molecule has 9 nitrogen and oxygen atoms in total. The molecule has 2 aromatic carbocycles. The number of aromatic nitrogens is 3. The Balaban J connectivity index is 1.42. The van der Waals surface area contributed by atoms with Crippen LogP contribution in [0.3, 0.4) is 0 Å². The normalized spacial score (nSPS) is 10.9. The predicted molar refractivity (Wildman–Crippen MR) is 123 cm³/mol. The van der Waals surface area contributed by atoms with Crippen molar-refractivity contribution in [2.75, 3.05) is 5.32 Å². The van der Waals surface area contributed by atoms with E-state index in [2.05, 4.69) is 22.5 Å². The van der Waals surface area contributed by atoms with Crippen molar-refractivity contribution in [1.82, 2.24) is 14.9 Å². The molecule has 0 aliphatic rings. The highest BCUT2D eigenvalue weighted by molar-refractivity contribution is 6.03. The molecular weight excluding hydrogens is 422 g/mol. The summed E-state index contributed by atoms with van der Waals surface area (Å²) in [5.41, 5.74) is 4.99. The van der Waals surface area contributed by atoms with Crippen LogP contribution >= 0.6 is 0 Å². The van der Waals surface area contributed by atoms with Crippen LogP contribution in [0.25, 0.3) is 11.3 Å². The molecule has 0 aliphatic carbocycles. The minimum Gasteiger partial charge on any atom is -0.338 e. The van der Waals surface area contributed by atoms with Crippen molar-refractivity contribution in [3.63, 3.8) is 0 Å². The Kier molecular flexibility index (Phi) is 6.03. The highest BCUT2D eigenvalue weighted by Crippen LogP contribution is 2.24. The Labute approximate surface area is 190 Å². The maximum Gasteiger partial charge on any atom is 0.312 e. The van der Waals surface area contributed by atoms with E-state index in [9.17, 15) is 14.9 Å². The molecule has 1 N–H and O–H groups in total. The zero-order valence-corrected chi connectivity index (χ0v) is 18.5. The Morgan fingerprint density at radius 2 is 1.76 bits per heavy atom. The maximum absolute atomic E-state index is 12.6. The van der Waals surface area contributed by atoms with Gasteiger partial charge in [-0.2, -0.15) is 5.10 Å². The van der Waals surface area contributed by atoms with Gasteiger partial charge in [-0.3, -0.25) is 24.9 Å². The molecule has 2 heterocycles. The van der Waals surface area contributed by atoms with Crippen molar-refractivity contribution in [3.05, 3.63) is 92.8 Å². The predicted octanol–water partition coefficient (Wildman–Crippen LogP) is 4.93. The Bertz CT molecular complexity index is 1300. The van der Waals surface area contributed by atoms with Crippen LogP contribution in [0.15, 0.2) is 59.1 Å². The van der Waals surface area contributed by atoms with Gasteiger partial charge < -0.3 is 4.52 Å². The smallest absolute Gasteiger partial charge is 0.312 e. The van der Waals surface area contributed by atoms with Crippen molar-refractivity contribution < 1.29 is 14.2 Å². The van der Waals surface area contributed by atoms with Crippen molar-refractivity contribution in [2.24, 2.45) is 0 Å². The summed E-state index contributed by atoms with van der Waals surface area (Å²) < 4.78 is 6.86. The number of nitrogens with zero attached hydrogens (tertiary/aromatic N) is 4. The van der Waals surface area contributed by atoms with Gasteiger partial charge in [0.15, 0.2) is 0 Å². The van der Waals surface area contributed by atoms with E-state index in [1.165, 1.54) is 5.56 Å². The molecule has 0 saturated carbocycles. The van der Waals surface area contributed by atoms with Gasteiger partial charge in [-0.1, -0.05) is 48.5 Å². The SMILES string of the molecule is CCc1ccc(-c2cc(NC(=O)c3ccc(Cn4nc(C)c([N+](=O)[O-])c4C)cc3)on2)cc1. The molecule has 4 aromatic rings. The summed E-state index contributed by atoms with van der Waals surface area (Å²) in [5.74, 6) is -0.0686. The van der Waals surface area contributed by atoms with E-state index in [-0.39, 0.29) is 17.5 Å². The van der Waals surface area contributed by atoms with Gasteiger partial charge in [-0.05, 0) is 43.5 Å². The van der Waals surface area contributed by atoms with Crippen LogP contribution in [0, 0.1) is 24.0 Å². The van der Waals surface area contributed by atoms with E-state index in [0.29, 0.717) is 29.2 Å². The molecule has 0 bridgehead atoms. The molecule has 0 unspecified atom stereocenters. The number of anilines is 1. The average molecular weight is 445 g/mol. The number of nitrogens with one attached hydrogen (secondary N) is 1. The van der Waals surface area contributed by atoms with Gasteiger partial charge in [0.25, 0.3) is 5.91 Å². The van der Waals surface area contributed by atoms with Gasteiger partial charge in [0.1, 0.15) is 17.1 Å². The summed E-state index contributed by atoms with van der Waals surface area (Å²) in [6.07, 6.45) is 0.959. The first kappa shape index (κ1) is 21.9. The van der Waals surface area contributed by atoms with E-state index >= 15 is 0 Å². The lowest BCUT2D eigenvalue weighted by Gasteiger charge is -2.06. The second-order valence-corrected chi connectivity index (χ2v) is 7.71. The molecule has 0 spiro atoms. The Morgan fingerprint density at radius 3 is 2.36 bits per heavy atom. The fourth-order valence-electron chi connectivity index (χ4n) is 3.61. The fourth-order valence-corrected chi connectivity index (χ4v) is 3.61. The van der Waals surface area contributed by atoms with E-state index in [4.69, 9.17) is 4.52 Å². The van der Waals surface area contributed by atoms with Gasteiger partial charge in [-0.15, -0.1) is 0 Å².